The molecule has 0 aliphatic rings. The summed E-state index contributed by atoms with van der Waals surface area (Å²) in [6.07, 6.45) is 0.202. The number of benzene rings is 1. The van der Waals surface area contributed by atoms with E-state index in [1.54, 1.807) is 0 Å². The molecular weight excluding hydrogens is 243 g/mol. The van der Waals surface area contributed by atoms with Gasteiger partial charge < -0.3 is 10.4 Å². The molecule has 5 heteroatoms. The Morgan fingerprint density at radius 2 is 1.83 bits per heavy atom. The standard InChI is InChI=1S/C13H18F3NO/c1-8(2)17-7-6-13(3,18)9-4-5-10(14)12(16)11(9)15/h4-5,8,17-18H,6-7H2,1-3H3. The number of hydrogen-bond acceptors (Lipinski definition) is 2. The van der Waals surface area contributed by atoms with E-state index in [9.17, 15) is 18.3 Å². The summed E-state index contributed by atoms with van der Waals surface area (Å²) >= 11 is 0. The summed E-state index contributed by atoms with van der Waals surface area (Å²) in [6.45, 7) is 5.70. The van der Waals surface area contributed by atoms with Crippen LogP contribution in [0.3, 0.4) is 0 Å². The first-order valence-corrected chi connectivity index (χ1v) is 5.85. The van der Waals surface area contributed by atoms with Crippen molar-refractivity contribution in [2.45, 2.75) is 38.8 Å². The summed E-state index contributed by atoms with van der Waals surface area (Å²) < 4.78 is 39.4. The molecule has 0 aliphatic heterocycles. The number of halogens is 3. The SMILES string of the molecule is CC(C)NCCC(C)(O)c1ccc(F)c(F)c1F. The van der Waals surface area contributed by atoms with Crippen LogP contribution in [0.15, 0.2) is 12.1 Å². The van der Waals surface area contributed by atoms with Crippen LogP contribution in [0.25, 0.3) is 0 Å². The van der Waals surface area contributed by atoms with Crippen LogP contribution in [0.1, 0.15) is 32.8 Å². The van der Waals surface area contributed by atoms with Crippen molar-refractivity contribution in [3.8, 4) is 0 Å². The lowest BCUT2D eigenvalue weighted by molar-refractivity contribution is 0.0429. The second kappa shape index (κ2) is 5.71. The maximum atomic E-state index is 13.5. The van der Waals surface area contributed by atoms with Gasteiger partial charge in [0.25, 0.3) is 0 Å². The maximum absolute atomic E-state index is 13.5. The molecule has 0 fully saturated rings. The van der Waals surface area contributed by atoms with Gasteiger partial charge >= 0.3 is 0 Å². The minimum Gasteiger partial charge on any atom is -0.385 e. The van der Waals surface area contributed by atoms with E-state index in [0.717, 1.165) is 12.1 Å². The lowest BCUT2D eigenvalue weighted by atomic mass is 9.91. The number of aliphatic hydroxyl groups is 1. The van der Waals surface area contributed by atoms with Crippen LogP contribution in [-0.2, 0) is 5.60 Å². The molecule has 0 saturated heterocycles. The van der Waals surface area contributed by atoms with E-state index in [2.05, 4.69) is 5.32 Å². The van der Waals surface area contributed by atoms with Crippen molar-refractivity contribution < 1.29 is 18.3 Å². The third-order valence-corrected chi connectivity index (χ3v) is 2.78. The van der Waals surface area contributed by atoms with Crippen molar-refractivity contribution in [3.05, 3.63) is 35.1 Å². The van der Waals surface area contributed by atoms with E-state index >= 15 is 0 Å². The Morgan fingerprint density at radius 1 is 1.22 bits per heavy atom. The van der Waals surface area contributed by atoms with Crippen LogP contribution < -0.4 is 5.32 Å². The van der Waals surface area contributed by atoms with E-state index in [0.29, 0.717) is 6.54 Å². The molecule has 0 amide bonds. The minimum atomic E-state index is -1.55. The Hall–Kier alpha value is -1.07. The predicted molar refractivity (Wildman–Crippen MR) is 63.6 cm³/mol. The second-order valence-corrected chi connectivity index (χ2v) is 4.86. The lowest BCUT2D eigenvalue weighted by Crippen LogP contribution is -2.32. The van der Waals surface area contributed by atoms with Gasteiger partial charge in [0.15, 0.2) is 17.5 Å². The van der Waals surface area contributed by atoms with E-state index in [1.165, 1.54) is 6.92 Å². The Morgan fingerprint density at radius 3 is 2.39 bits per heavy atom. The van der Waals surface area contributed by atoms with Crippen molar-refractivity contribution in [1.29, 1.82) is 0 Å². The highest BCUT2D eigenvalue weighted by atomic mass is 19.2. The van der Waals surface area contributed by atoms with Crippen molar-refractivity contribution in [1.82, 2.24) is 5.32 Å². The number of hydrogen-bond donors (Lipinski definition) is 2. The molecule has 0 spiro atoms. The molecule has 0 heterocycles. The summed E-state index contributed by atoms with van der Waals surface area (Å²) in [7, 11) is 0. The van der Waals surface area contributed by atoms with Gasteiger partial charge in [-0.1, -0.05) is 19.9 Å². The topological polar surface area (TPSA) is 32.3 Å². The highest BCUT2D eigenvalue weighted by Gasteiger charge is 2.29. The lowest BCUT2D eigenvalue weighted by Gasteiger charge is -2.25. The third-order valence-electron chi connectivity index (χ3n) is 2.78. The highest BCUT2D eigenvalue weighted by Crippen LogP contribution is 2.28. The Labute approximate surface area is 105 Å². The largest absolute Gasteiger partial charge is 0.385 e. The van der Waals surface area contributed by atoms with Crippen LogP contribution in [0.4, 0.5) is 13.2 Å². The zero-order valence-corrected chi connectivity index (χ0v) is 10.7. The monoisotopic (exact) mass is 261 g/mol. The Balaban J connectivity index is 2.88. The van der Waals surface area contributed by atoms with E-state index < -0.39 is 23.1 Å². The van der Waals surface area contributed by atoms with Crippen LogP contribution >= 0.6 is 0 Å². The summed E-state index contributed by atoms with van der Waals surface area (Å²) in [5.74, 6) is -4.14. The van der Waals surface area contributed by atoms with Gasteiger partial charge in [0, 0.05) is 11.6 Å². The molecule has 1 atom stereocenters. The molecule has 0 saturated carbocycles. The maximum Gasteiger partial charge on any atom is 0.194 e. The molecule has 2 N–H and O–H groups in total. The van der Waals surface area contributed by atoms with Gasteiger partial charge in [-0.15, -0.1) is 0 Å². The number of nitrogens with one attached hydrogen (secondary N) is 1. The van der Waals surface area contributed by atoms with Crippen LogP contribution in [0.2, 0.25) is 0 Å². The molecule has 2 nitrogen and oxygen atoms in total. The molecule has 1 rings (SSSR count). The number of rotatable bonds is 5. The normalized spacial score (nSPS) is 14.9. The van der Waals surface area contributed by atoms with E-state index in [1.807, 2.05) is 13.8 Å². The van der Waals surface area contributed by atoms with Gasteiger partial charge in [0.2, 0.25) is 0 Å². The van der Waals surface area contributed by atoms with Crippen molar-refractivity contribution in [2.24, 2.45) is 0 Å². The first-order chi connectivity index (χ1) is 8.25. The zero-order valence-electron chi connectivity index (χ0n) is 10.7. The fourth-order valence-corrected chi connectivity index (χ4v) is 1.68. The van der Waals surface area contributed by atoms with E-state index in [-0.39, 0.29) is 18.0 Å². The molecule has 1 unspecified atom stereocenters. The highest BCUT2D eigenvalue weighted by molar-refractivity contribution is 5.25. The second-order valence-electron chi connectivity index (χ2n) is 4.86. The Bertz CT molecular complexity index is 419. The molecule has 0 bridgehead atoms. The third kappa shape index (κ3) is 3.46. The minimum absolute atomic E-state index is 0.202. The van der Waals surface area contributed by atoms with Crippen LogP contribution in [0.5, 0.6) is 0 Å². The average Bonchev–Trinajstić information content (AvgIpc) is 2.24. The first kappa shape index (κ1) is 15.0. The summed E-state index contributed by atoms with van der Waals surface area (Å²) in [4.78, 5) is 0. The molecule has 18 heavy (non-hydrogen) atoms. The Kier molecular flexibility index (Phi) is 4.76. The summed E-state index contributed by atoms with van der Waals surface area (Å²) in [5, 5.41) is 13.2. The average molecular weight is 261 g/mol. The van der Waals surface area contributed by atoms with Gasteiger partial charge in [-0.05, 0) is 26.0 Å². The summed E-state index contributed by atoms with van der Waals surface area (Å²) in [5.41, 5.74) is -1.77. The molecule has 1 aromatic rings. The quantitative estimate of drug-likeness (QED) is 0.799. The molecule has 102 valence electrons. The van der Waals surface area contributed by atoms with Crippen LogP contribution in [-0.4, -0.2) is 17.7 Å². The van der Waals surface area contributed by atoms with E-state index in [4.69, 9.17) is 0 Å². The van der Waals surface area contributed by atoms with Crippen molar-refractivity contribution in [3.63, 3.8) is 0 Å². The predicted octanol–water partition coefficient (Wildman–Crippen LogP) is 2.70. The zero-order chi connectivity index (χ0) is 13.9. The first-order valence-electron chi connectivity index (χ1n) is 5.85. The van der Waals surface area contributed by atoms with Gasteiger partial charge in [0.05, 0.1) is 5.60 Å². The fourth-order valence-electron chi connectivity index (χ4n) is 1.68. The van der Waals surface area contributed by atoms with Gasteiger partial charge in [0.1, 0.15) is 0 Å². The summed E-state index contributed by atoms with van der Waals surface area (Å²) in [6, 6.07) is 2.12. The van der Waals surface area contributed by atoms with Crippen molar-refractivity contribution in [2.75, 3.05) is 6.54 Å². The van der Waals surface area contributed by atoms with Gasteiger partial charge in [-0.2, -0.15) is 0 Å². The molecule has 0 aliphatic carbocycles. The van der Waals surface area contributed by atoms with Crippen molar-refractivity contribution >= 4 is 0 Å². The fraction of sp³-hybridized carbons (Fsp3) is 0.538. The van der Waals surface area contributed by atoms with Gasteiger partial charge in [-0.3, -0.25) is 0 Å². The molecule has 0 radical (unpaired) electrons. The molecular formula is C13H18F3NO. The van der Waals surface area contributed by atoms with Crippen LogP contribution in [0, 0.1) is 17.5 Å². The van der Waals surface area contributed by atoms with Gasteiger partial charge in [-0.25, -0.2) is 13.2 Å². The molecule has 0 aromatic heterocycles. The molecule has 1 aromatic carbocycles. The smallest absolute Gasteiger partial charge is 0.194 e.